The van der Waals surface area contributed by atoms with Gasteiger partial charge in [-0.1, -0.05) is 54.6 Å². The zero-order valence-corrected chi connectivity index (χ0v) is 20.9. The minimum Gasteiger partial charge on any atom is -0.455 e. The molecule has 6 unspecified atom stereocenters. The van der Waals surface area contributed by atoms with Gasteiger partial charge in [-0.05, 0) is 85.8 Å². The Labute approximate surface area is 218 Å². The van der Waals surface area contributed by atoms with Gasteiger partial charge in [0.2, 0.25) is 0 Å². The van der Waals surface area contributed by atoms with E-state index in [0.717, 1.165) is 32.4 Å². The maximum absolute atomic E-state index is 13.1. The molecular weight excluding hydrogens is 462 g/mol. The van der Waals surface area contributed by atoms with E-state index in [2.05, 4.69) is 35.2 Å². The molecule has 3 aromatic carbocycles. The minimum absolute atomic E-state index is 0.352. The number of para-hydroxylation sites is 1. The summed E-state index contributed by atoms with van der Waals surface area (Å²) in [6, 6.07) is 28.8. The van der Waals surface area contributed by atoms with Crippen LogP contribution in [0, 0.1) is 23.7 Å². The second kappa shape index (κ2) is 10.4. The number of benzene rings is 3. The molecule has 5 nitrogen and oxygen atoms in total. The normalized spacial score (nSPS) is 28.6. The third-order valence-electron chi connectivity index (χ3n) is 8.67. The lowest BCUT2D eigenvalue weighted by molar-refractivity contribution is -0.0923. The number of carbonyl (C=O) groups is 2. The lowest BCUT2D eigenvalue weighted by Gasteiger charge is -2.47. The van der Waals surface area contributed by atoms with Crippen LogP contribution in [0.2, 0.25) is 0 Å². The van der Waals surface area contributed by atoms with E-state index in [4.69, 9.17) is 9.47 Å². The summed E-state index contributed by atoms with van der Waals surface area (Å²) in [6.45, 7) is 2.11. The van der Waals surface area contributed by atoms with E-state index in [1.807, 2.05) is 36.4 Å². The quantitative estimate of drug-likeness (QED) is 0.406. The lowest BCUT2D eigenvalue weighted by Crippen LogP contribution is -2.48. The van der Waals surface area contributed by atoms with Crippen molar-refractivity contribution in [3.05, 3.63) is 102 Å². The van der Waals surface area contributed by atoms with Crippen LogP contribution in [0.3, 0.4) is 0 Å². The van der Waals surface area contributed by atoms with Gasteiger partial charge in [-0.25, -0.2) is 9.59 Å². The van der Waals surface area contributed by atoms with Gasteiger partial charge in [-0.3, -0.25) is 0 Å². The van der Waals surface area contributed by atoms with Crippen molar-refractivity contribution >= 4 is 17.6 Å². The maximum Gasteiger partial charge on any atom is 0.338 e. The Kier molecular flexibility index (Phi) is 6.69. The van der Waals surface area contributed by atoms with Crippen LogP contribution < -0.4 is 4.90 Å². The predicted molar refractivity (Wildman–Crippen MR) is 142 cm³/mol. The molecule has 0 radical (unpaired) electrons. The van der Waals surface area contributed by atoms with Gasteiger partial charge in [0.05, 0.1) is 11.1 Å². The van der Waals surface area contributed by atoms with E-state index < -0.39 is 12.2 Å². The van der Waals surface area contributed by atoms with Crippen LogP contribution in [0.5, 0.6) is 0 Å². The van der Waals surface area contributed by atoms with E-state index in [-0.39, 0.29) is 11.9 Å². The molecule has 2 saturated carbocycles. The van der Waals surface area contributed by atoms with Crippen molar-refractivity contribution in [1.29, 1.82) is 0 Å². The Bertz CT molecular complexity index is 1220. The van der Waals surface area contributed by atoms with Crippen LogP contribution in [0.1, 0.15) is 46.4 Å². The summed E-state index contributed by atoms with van der Waals surface area (Å²) in [7, 11) is 0. The van der Waals surface area contributed by atoms with Gasteiger partial charge in [0.15, 0.2) is 0 Å². The minimum atomic E-state index is -0.453. The second-order valence-electron chi connectivity index (χ2n) is 10.8. The molecule has 37 heavy (non-hydrogen) atoms. The van der Waals surface area contributed by atoms with Crippen LogP contribution in [0.4, 0.5) is 5.69 Å². The lowest BCUT2D eigenvalue weighted by atomic mass is 9.61. The van der Waals surface area contributed by atoms with Crippen LogP contribution in [-0.4, -0.2) is 37.2 Å². The third kappa shape index (κ3) is 5.00. The molecule has 0 bridgehead atoms. The fourth-order valence-corrected chi connectivity index (χ4v) is 6.87. The average Bonchev–Trinajstić information content (AvgIpc) is 3.40. The molecule has 6 atom stereocenters. The number of ether oxygens (including phenoxy) is 2. The van der Waals surface area contributed by atoms with Gasteiger partial charge >= 0.3 is 11.9 Å². The highest BCUT2D eigenvalue weighted by molar-refractivity contribution is 5.90. The molecule has 3 aliphatic rings. The first kappa shape index (κ1) is 23.8. The van der Waals surface area contributed by atoms with E-state index in [0.29, 0.717) is 34.8 Å². The number of hydrogen-bond acceptors (Lipinski definition) is 5. The highest BCUT2D eigenvalue weighted by Crippen LogP contribution is 2.51. The zero-order chi connectivity index (χ0) is 25.2. The van der Waals surface area contributed by atoms with E-state index in [1.165, 1.54) is 12.1 Å². The smallest absolute Gasteiger partial charge is 0.338 e. The molecule has 1 heterocycles. The molecule has 190 valence electrons. The predicted octanol–water partition coefficient (Wildman–Crippen LogP) is 6.01. The van der Waals surface area contributed by atoms with Crippen molar-refractivity contribution in [1.82, 2.24) is 0 Å². The molecule has 0 spiro atoms. The standard InChI is InChI=1S/C32H33NO4/c34-31(22-10-4-1-5-11-22)36-29-18-24-16-17-25-20-33(26-14-8-3-9-15-26)21-28(25)27(24)19-30(29)37-32(35)23-12-6-2-7-13-23/h1-15,24-25,27-30H,16-21H2. The first-order valence-electron chi connectivity index (χ1n) is 13.5. The molecule has 3 fully saturated rings. The van der Waals surface area contributed by atoms with Crippen LogP contribution >= 0.6 is 0 Å². The molecule has 2 aliphatic carbocycles. The Hall–Kier alpha value is -3.60. The Morgan fingerprint density at radius 3 is 1.70 bits per heavy atom. The van der Waals surface area contributed by atoms with Crippen molar-refractivity contribution in [2.45, 2.75) is 37.9 Å². The Morgan fingerprint density at radius 1 is 0.595 bits per heavy atom. The summed E-state index contributed by atoms with van der Waals surface area (Å²) in [5, 5.41) is 0. The number of rotatable bonds is 5. The van der Waals surface area contributed by atoms with E-state index >= 15 is 0 Å². The molecule has 6 rings (SSSR count). The summed E-state index contributed by atoms with van der Waals surface area (Å²) >= 11 is 0. The van der Waals surface area contributed by atoms with Gasteiger partial charge in [-0.2, -0.15) is 0 Å². The van der Waals surface area contributed by atoms with Crippen LogP contribution in [0.15, 0.2) is 91.0 Å². The molecule has 0 aromatic heterocycles. The highest BCUT2D eigenvalue weighted by atomic mass is 16.6. The van der Waals surface area contributed by atoms with Gasteiger partial charge in [0.1, 0.15) is 12.2 Å². The largest absolute Gasteiger partial charge is 0.455 e. The number of fused-ring (bicyclic) bond motifs is 3. The second-order valence-corrected chi connectivity index (χ2v) is 10.8. The molecule has 0 amide bonds. The van der Waals surface area contributed by atoms with Gasteiger partial charge in [0.25, 0.3) is 0 Å². The summed E-state index contributed by atoms with van der Waals surface area (Å²) in [6.07, 6.45) is 2.91. The number of hydrogen-bond donors (Lipinski definition) is 0. The van der Waals surface area contributed by atoms with Crippen LogP contribution in [-0.2, 0) is 9.47 Å². The van der Waals surface area contributed by atoms with E-state index in [1.54, 1.807) is 24.3 Å². The topological polar surface area (TPSA) is 55.8 Å². The fraction of sp³-hybridized carbons (Fsp3) is 0.375. The summed E-state index contributed by atoms with van der Waals surface area (Å²) in [5.74, 6) is 1.42. The average molecular weight is 496 g/mol. The molecule has 1 saturated heterocycles. The summed E-state index contributed by atoms with van der Waals surface area (Å²) in [4.78, 5) is 28.6. The van der Waals surface area contributed by atoms with Crippen molar-refractivity contribution in [3.63, 3.8) is 0 Å². The Balaban J connectivity index is 1.22. The third-order valence-corrected chi connectivity index (χ3v) is 8.67. The van der Waals surface area contributed by atoms with Crippen LogP contribution in [0.25, 0.3) is 0 Å². The molecule has 0 N–H and O–H groups in total. The van der Waals surface area contributed by atoms with Gasteiger partial charge < -0.3 is 14.4 Å². The number of carbonyl (C=O) groups excluding carboxylic acids is 2. The molecule has 5 heteroatoms. The van der Waals surface area contributed by atoms with Crippen molar-refractivity contribution in [2.24, 2.45) is 23.7 Å². The zero-order valence-electron chi connectivity index (χ0n) is 20.9. The van der Waals surface area contributed by atoms with Crippen molar-refractivity contribution in [3.8, 4) is 0 Å². The highest BCUT2D eigenvalue weighted by Gasteiger charge is 2.50. The number of anilines is 1. The number of nitrogens with zero attached hydrogens (tertiary/aromatic N) is 1. The SMILES string of the molecule is O=C(OC1CC2CCC3CN(c4ccccc4)CC3C2CC1OC(=O)c1ccccc1)c1ccccc1. The van der Waals surface area contributed by atoms with E-state index in [9.17, 15) is 9.59 Å². The fourth-order valence-electron chi connectivity index (χ4n) is 6.87. The molecular formula is C32H33NO4. The van der Waals surface area contributed by atoms with Crippen molar-refractivity contribution < 1.29 is 19.1 Å². The summed E-state index contributed by atoms with van der Waals surface area (Å²) in [5.41, 5.74) is 2.33. The molecule has 1 aliphatic heterocycles. The maximum atomic E-state index is 13.1. The van der Waals surface area contributed by atoms with Crippen molar-refractivity contribution in [2.75, 3.05) is 18.0 Å². The first-order valence-corrected chi connectivity index (χ1v) is 13.5. The molecule has 3 aromatic rings. The Morgan fingerprint density at radius 2 is 1.11 bits per heavy atom. The summed E-state index contributed by atoms with van der Waals surface area (Å²) < 4.78 is 12.2. The van der Waals surface area contributed by atoms with Gasteiger partial charge in [0, 0.05) is 18.8 Å². The van der Waals surface area contributed by atoms with Gasteiger partial charge in [-0.15, -0.1) is 0 Å². The number of esters is 2. The monoisotopic (exact) mass is 495 g/mol. The first-order chi connectivity index (χ1) is 18.2.